The summed E-state index contributed by atoms with van der Waals surface area (Å²) in [6, 6.07) is 10.6. The number of hydrogen-bond acceptors (Lipinski definition) is 6. The zero-order chi connectivity index (χ0) is 25.4. The molecule has 0 unspecified atom stereocenters. The van der Waals surface area contributed by atoms with Crippen molar-refractivity contribution in [1.29, 1.82) is 0 Å². The average molecular weight is 502 g/mol. The first-order valence-corrected chi connectivity index (χ1v) is 13.4. The number of ether oxygens (including phenoxy) is 2. The SMILES string of the molecule is COc1ccc(-c2ccc3c(c2)CCCN3c2nn(CC[C@H]3CCOC3)c3c2CN(C(C)=O)CC3)cn1. The van der Waals surface area contributed by atoms with Crippen LogP contribution in [0.1, 0.15) is 43.0 Å². The second kappa shape index (κ2) is 10.2. The maximum Gasteiger partial charge on any atom is 0.219 e. The van der Waals surface area contributed by atoms with Crippen molar-refractivity contribution < 1.29 is 14.3 Å². The fraction of sp³-hybridized carbons (Fsp3) is 0.483. The molecule has 37 heavy (non-hydrogen) atoms. The van der Waals surface area contributed by atoms with Gasteiger partial charge in [-0.05, 0) is 60.9 Å². The highest BCUT2D eigenvalue weighted by molar-refractivity contribution is 5.76. The number of nitrogens with zero attached hydrogens (tertiary/aromatic N) is 5. The van der Waals surface area contributed by atoms with Crippen molar-refractivity contribution in [1.82, 2.24) is 19.7 Å². The smallest absolute Gasteiger partial charge is 0.219 e. The van der Waals surface area contributed by atoms with Gasteiger partial charge in [-0.15, -0.1) is 0 Å². The molecule has 8 heteroatoms. The van der Waals surface area contributed by atoms with Crippen LogP contribution in [0.5, 0.6) is 5.88 Å². The fourth-order valence-electron chi connectivity index (χ4n) is 5.93. The van der Waals surface area contributed by atoms with Crippen molar-refractivity contribution >= 4 is 17.4 Å². The Morgan fingerprint density at radius 1 is 1.16 bits per heavy atom. The van der Waals surface area contributed by atoms with E-state index < -0.39 is 0 Å². The molecule has 0 aliphatic carbocycles. The van der Waals surface area contributed by atoms with Crippen molar-refractivity contribution in [2.45, 2.75) is 52.1 Å². The van der Waals surface area contributed by atoms with E-state index in [0.717, 1.165) is 81.9 Å². The molecule has 2 aromatic heterocycles. The van der Waals surface area contributed by atoms with E-state index in [1.807, 2.05) is 17.2 Å². The molecule has 3 aliphatic heterocycles. The second-order valence-electron chi connectivity index (χ2n) is 10.4. The standard InChI is InChI=1S/C29H35N5O3/c1-20(35)32-13-10-27-25(18-32)29(31-34(27)14-9-21-11-15-37-19-21)33-12-3-4-23-16-22(5-7-26(23)33)24-6-8-28(36-2)30-17-24/h5-8,16-17,21H,3-4,9-15,18-19H2,1-2H3/t21-/m0/s1. The van der Waals surface area contributed by atoms with Crippen LogP contribution in [0.25, 0.3) is 11.1 Å². The lowest BCUT2D eigenvalue weighted by molar-refractivity contribution is -0.129. The van der Waals surface area contributed by atoms with Crippen molar-refractivity contribution in [3.05, 3.63) is 53.3 Å². The summed E-state index contributed by atoms with van der Waals surface area (Å²) in [5.41, 5.74) is 7.28. The summed E-state index contributed by atoms with van der Waals surface area (Å²) >= 11 is 0. The van der Waals surface area contributed by atoms with Gasteiger partial charge in [0.05, 0.1) is 13.7 Å². The molecule has 8 nitrogen and oxygen atoms in total. The van der Waals surface area contributed by atoms with Crippen LogP contribution < -0.4 is 9.64 Å². The number of rotatable bonds is 6. The number of benzene rings is 1. The Morgan fingerprint density at radius 2 is 2.05 bits per heavy atom. The zero-order valence-corrected chi connectivity index (χ0v) is 21.8. The fourth-order valence-corrected chi connectivity index (χ4v) is 5.93. The number of aromatic nitrogens is 3. The maximum atomic E-state index is 12.3. The first-order valence-electron chi connectivity index (χ1n) is 13.4. The third-order valence-electron chi connectivity index (χ3n) is 8.06. The summed E-state index contributed by atoms with van der Waals surface area (Å²) in [7, 11) is 1.63. The Bertz CT molecular complexity index is 1280. The number of fused-ring (bicyclic) bond motifs is 2. The highest BCUT2D eigenvalue weighted by Gasteiger charge is 2.31. The predicted molar refractivity (Wildman–Crippen MR) is 142 cm³/mol. The largest absolute Gasteiger partial charge is 0.481 e. The minimum Gasteiger partial charge on any atom is -0.481 e. The van der Waals surface area contributed by atoms with Crippen LogP contribution in [0.15, 0.2) is 36.5 Å². The summed E-state index contributed by atoms with van der Waals surface area (Å²) in [6.45, 7) is 6.63. The van der Waals surface area contributed by atoms with Gasteiger partial charge in [0.1, 0.15) is 0 Å². The summed E-state index contributed by atoms with van der Waals surface area (Å²) < 4.78 is 13.0. The Morgan fingerprint density at radius 3 is 2.81 bits per heavy atom. The molecule has 3 aromatic rings. The van der Waals surface area contributed by atoms with Crippen LogP contribution in [-0.2, 0) is 35.5 Å². The molecule has 194 valence electrons. The maximum absolute atomic E-state index is 12.3. The van der Waals surface area contributed by atoms with E-state index >= 15 is 0 Å². The van der Waals surface area contributed by atoms with Crippen LogP contribution in [0, 0.1) is 5.92 Å². The monoisotopic (exact) mass is 501 g/mol. The molecule has 5 heterocycles. The van der Waals surface area contributed by atoms with Gasteiger partial charge in [0.25, 0.3) is 0 Å². The van der Waals surface area contributed by atoms with Gasteiger partial charge < -0.3 is 19.3 Å². The molecule has 0 bridgehead atoms. The number of pyridine rings is 1. The average Bonchev–Trinajstić information content (AvgIpc) is 3.59. The lowest BCUT2D eigenvalue weighted by Crippen LogP contribution is -2.35. The van der Waals surface area contributed by atoms with Crippen molar-refractivity contribution in [3.63, 3.8) is 0 Å². The van der Waals surface area contributed by atoms with E-state index in [-0.39, 0.29) is 5.91 Å². The molecule has 1 aromatic carbocycles. The molecule has 1 saturated heterocycles. The first kappa shape index (κ1) is 24.0. The third-order valence-corrected chi connectivity index (χ3v) is 8.06. The zero-order valence-electron chi connectivity index (χ0n) is 21.8. The van der Waals surface area contributed by atoms with Crippen LogP contribution in [0.3, 0.4) is 0 Å². The van der Waals surface area contributed by atoms with E-state index in [4.69, 9.17) is 14.6 Å². The summed E-state index contributed by atoms with van der Waals surface area (Å²) in [5, 5.41) is 5.21. The number of hydrogen-bond donors (Lipinski definition) is 0. The van der Waals surface area contributed by atoms with Gasteiger partial charge in [0.15, 0.2) is 5.82 Å². The molecular formula is C29H35N5O3. The molecule has 6 rings (SSSR count). The topological polar surface area (TPSA) is 72.7 Å². The molecule has 0 N–H and O–H groups in total. The number of anilines is 2. The van der Waals surface area contributed by atoms with Crippen LogP contribution in [0.2, 0.25) is 0 Å². The van der Waals surface area contributed by atoms with Gasteiger partial charge in [-0.1, -0.05) is 6.07 Å². The number of aryl methyl sites for hydroxylation is 2. The van der Waals surface area contributed by atoms with Crippen molar-refractivity contribution in [3.8, 4) is 17.0 Å². The van der Waals surface area contributed by atoms with Gasteiger partial charge in [-0.3, -0.25) is 9.48 Å². The summed E-state index contributed by atoms with van der Waals surface area (Å²) in [4.78, 5) is 21.0. The number of carbonyl (C=O) groups is 1. The highest BCUT2D eigenvalue weighted by atomic mass is 16.5. The van der Waals surface area contributed by atoms with E-state index in [1.54, 1.807) is 14.0 Å². The van der Waals surface area contributed by atoms with Crippen LogP contribution >= 0.6 is 0 Å². The minimum atomic E-state index is 0.129. The van der Waals surface area contributed by atoms with Crippen molar-refractivity contribution in [2.24, 2.45) is 5.92 Å². The van der Waals surface area contributed by atoms with Gasteiger partial charge in [-0.2, -0.15) is 5.10 Å². The minimum absolute atomic E-state index is 0.129. The number of carbonyl (C=O) groups excluding carboxylic acids is 1. The second-order valence-corrected chi connectivity index (χ2v) is 10.4. The lowest BCUT2D eigenvalue weighted by Gasteiger charge is -2.32. The van der Waals surface area contributed by atoms with Gasteiger partial charge in [-0.25, -0.2) is 4.98 Å². The Balaban J connectivity index is 1.33. The summed E-state index contributed by atoms with van der Waals surface area (Å²) in [5.74, 6) is 2.38. The van der Waals surface area contributed by atoms with E-state index in [9.17, 15) is 4.79 Å². The molecule has 3 aliphatic rings. The molecule has 0 radical (unpaired) electrons. The normalized spacial score (nSPS) is 19.0. The van der Waals surface area contributed by atoms with E-state index in [2.05, 4.69) is 38.8 Å². The molecule has 0 spiro atoms. The molecule has 1 atom stereocenters. The Labute approximate surface area is 218 Å². The predicted octanol–water partition coefficient (Wildman–Crippen LogP) is 4.37. The number of methoxy groups -OCH3 is 1. The lowest BCUT2D eigenvalue weighted by atomic mass is 9.96. The summed E-state index contributed by atoms with van der Waals surface area (Å²) in [6.07, 6.45) is 7.04. The van der Waals surface area contributed by atoms with E-state index in [1.165, 1.54) is 22.5 Å². The first-order chi connectivity index (χ1) is 18.1. The molecule has 1 fully saturated rings. The molecule has 0 saturated carbocycles. The van der Waals surface area contributed by atoms with Crippen LogP contribution in [0.4, 0.5) is 11.5 Å². The van der Waals surface area contributed by atoms with Crippen molar-refractivity contribution in [2.75, 3.05) is 38.3 Å². The quantitative estimate of drug-likeness (QED) is 0.500. The van der Waals surface area contributed by atoms with Crippen LogP contribution in [-0.4, -0.2) is 59.0 Å². The van der Waals surface area contributed by atoms with Gasteiger partial charge in [0.2, 0.25) is 11.8 Å². The van der Waals surface area contributed by atoms with Gasteiger partial charge in [0, 0.05) is 81.0 Å². The number of amides is 1. The third kappa shape index (κ3) is 4.70. The van der Waals surface area contributed by atoms with Gasteiger partial charge >= 0.3 is 0 Å². The Kier molecular flexibility index (Phi) is 6.59. The van der Waals surface area contributed by atoms with E-state index in [0.29, 0.717) is 18.3 Å². The highest BCUT2D eigenvalue weighted by Crippen LogP contribution is 2.39. The molecular weight excluding hydrogens is 466 g/mol. The Hall–Kier alpha value is -3.39. The molecule has 1 amide bonds.